The summed E-state index contributed by atoms with van der Waals surface area (Å²) in [6, 6.07) is 4.13. The predicted octanol–water partition coefficient (Wildman–Crippen LogP) is 2.74. The number of carbonyl (C=O) groups is 1. The summed E-state index contributed by atoms with van der Waals surface area (Å²) >= 11 is 3.23. The number of hydrogen-bond acceptors (Lipinski definition) is 8. The van der Waals surface area contributed by atoms with E-state index in [1.165, 1.54) is 31.3 Å². The lowest BCUT2D eigenvalue weighted by atomic mass is 10.1. The van der Waals surface area contributed by atoms with E-state index in [0.29, 0.717) is 6.42 Å². The van der Waals surface area contributed by atoms with Gasteiger partial charge in [0.1, 0.15) is 23.3 Å². The highest BCUT2D eigenvalue weighted by Gasteiger charge is 2.48. The zero-order valence-corrected chi connectivity index (χ0v) is 17.1. The normalized spacial score (nSPS) is 23.7. The van der Waals surface area contributed by atoms with Crippen molar-refractivity contribution in [2.24, 2.45) is 0 Å². The number of carbonyl (C=O) groups excluding carboxylic acids is 1. The second-order valence-corrected chi connectivity index (χ2v) is 7.27. The number of alkyl halides is 1. The third-order valence-corrected chi connectivity index (χ3v) is 5.00. The van der Waals surface area contributed by atoms with Crippen molar-refractivity contribution in [3.8, 4) is 11.5 Å². The predicted molar refractivity (Wildman–Crippen MR) is 104 cm³/mol. The van der Waals surface area contributed by atoms with Crippen LogP contribution in [0.4, 0.5) is 15.9 Å². The first-order valence-electron chi connectivity index (χ1n) is 8.76. The maximum atomic E-state index is 14.9. The second kappa shape index (κ2) is 8.37. The molecule has 29 heavy (non-hydrogen) atoms. The lowest BCUT2D eigenvalue weighted by molar-refractivity contribution is -0.151. The number of nitrogens with zero attached hydrogens (tertiary/aromatic N) is 2. The molecule has 1 aliphatic rings. The number of esters is 1. The summed E-state index contributed by atoms with van der Waals surface area (Å²) in [6.45, 7) is 2.92. The Hall–Kier alpha value is -2.66. The third kappa shape index (κ3) is 4.20. The van der Waals surface area contributed by atoms with E-state index in [2.05, 4.69) is 26.2 Å². The van der Waals surface area contributed by atoms with Crippen molar-refractivity contribution < 1.29 is 28.9 Å². The van der Waals surface area contributed by atoms with Crippen molar-refractivity contribution in [1.82, 2.24) is 9.55 Å². The van der Waals surface area contributed by atoms with Gasteiger partial charge in [0.05, 0.1) is 4.47 Å². The molecule has 3 N–H and O–H groups in total. The molecular formula is C18H19BrFN3O6. The minimum Gasteiger partial charge on any atom is -0.506 e. The first-order chi connectivity index (χ1) is 13.7. The minimum atomic E-state index is -1.77. The molecule has 1 aromatic carbocycles. The average Bonchev–Trinajstić information content (AvgIpc) is 2.96. The first kappa shape index (κ1) is 21.1. The smallest absolute Gasteiger partial charge is 0.351 e. The molecule has 3 rings (SSSR count). The molecule has 0 saturated carbocycles. The number of phenolic OH excluding ortho intramolecular Hbond substituents is 2. The zero-order valence-electron chi connectivity index (χ0n) is 15.5. The number of aromatic nitrogens is 2. The molecule has 0 spiro atoms. The van der Waals surface area contributed by atoms with E-state index >= 15 is 0 Å². The molecule has 2 aromatic rings. The van der Waals surface area contributed by atoms with Gasteiger partial charge in [0.25, 0.3) is 0 Å². The number of para-hydroxylation sites is 1. The summed E-state index contributed by atoms with van der Waals surface area (Å²) in [5.41, 5.74) is -0.879. The van der Waals surface area contributed by atoms with Crippen molar-refractivity contribution >= 4 is 33.4 Å². The average molecular weight is 472 g/mol. The van der Waals surface area contributed by atoms with Crippen LogP contribution in [0.5, 0.6) is 11.5 Å². The van der Waals surface area contributed by atoms with E-state index in [1.807, 2.05) is 0 Å². The molecule has 0 amide bonds. The van der Waals surface area contributed by atoms with E-state index in [9.17, 15) is 24.2 Å². The van der Waals surface area contributed by atoms with Gasteiger partial charge in [-0.2, -0.15) is 4.98 Å². The number of anilines is 2. The van der Waals surface area contributed by atoms with Gasteiger partial charge in [-0.05, 0) is 34.5 Å². The van der Waals surface area contributed by atoms with Gasteiger partial charge in [0, 0.05) is 13.1 Å². The van der Waals surface area contributed by atoms with Crippen LogP contribution in [-0.4, -0.2) is 44.1 Å². The van der Waals surface area contributed by atoms with Crippen LogP contribution in [0.3, 0.4) is 0 Å². The van der Waals surface area contributed by atoms with Crippen molar-refractivity contribution in [2.75, 3.05) is 5.32 Å². The van der Waals surface area contributed by atoms with Gasteiger partial charge in [0.15, 0.2) is 24.3 Å². The molecule has 0 bridgehead atoms. The van der Waals surface area contributed by atoms with E-state index in [-0.39, 0.29) is 27.5 Å². The fourth-order valence-corrected chi connectivity index (χ4v) is 3.48. The van der Waals surface area contributed by atoms with E-state index in [4.69, 9.17) is 9.47 Å². The lowest BCUT2D eigenvalue weighted by Crippen LogP contribution is -2.35. The molecule has 9 nitrogen and oxygen atoms in total. The Kier molecular flexibility index (Phi) is 6.08. The molecule has 1 fully saturated rings. The van der Waals surface area contributed by atoms with Crippen molar-refractivity contribution in [3.63, 3.8) is 0 Å². The Morgan fingerprint density at radius 3 is 2.66 bits per heavy atom. The van der Waals surface area contributed by atoms with Crippen LogP contribution in [0.2, 0.25) is 0 Å². The molecule has 1 unspecified atom stereocenters. The first-order valence-corrected chi connectivity index (χ1v) is 9.55. The van der Waals surface area contributed by atoms with Crippen LogP contribution >= 0.6 is 15.9 Å². The summed E-state index contributed by atoms with van der Waals surface area (Å²) in [4.78, 5) is 27.6. The molecule has 11 heteroatoms. The van der Waals surface area contributed by atoms with Gasteiger partial charge in [-0.3, -0.25) is 9.36 Å². The number of ether oxygens (including phenoxy) is 2. The summed E-state index contributed by atoms with van der Waals surface area (Å²) in [5.74, 6) is -1.14. The van der Waals surface area contributed by atoms with E-state index in [1.54, 1.807) is 6.92 Å². The van der Waals surface area contributed by atoms with E-state index < -0.39 is 36.3 Å². The molecule has 156 valence electrons. The summed E-state index contributed by atoms with van der Waals surface area (Å²) < 4.78 is 26.7. The Morgan fingerprint density at radius 2 is 2.07 bits per heavy atom. The van der Waals surface area contributed by atoms with Crippen molar-refractivity contribution in [2.45, 2.75) is 44.9 Å². The number of rotatable bonds is 5. The molecule has 2 heterocycles. The highest BCUT2D eigenvalue weighted by molar-refractivity contribution is 9.10. The maximum Gasteiger partial charge on any atom is 0.351 e. The SMILES string of the molecule is CC[C@H]1O[C@@H](n2cc(Br)c(Nc3c(O)cccc3O)nc2=O)[C@@H](F)C1OC(C)=O. The van der Waals surface area contributed by atoms with Gasteiger partial charge < -0.3 is 25.0 Å². The zero-order chi connectivity index (χ0) is 21.3. The Morgan fingerprint density at radius 1 is 1.41 bits per heavy atom. The van der Waals surface area contributed by atoms with Gasteiger partial charge in [-0.15, -0.1) is 0 Å². The van der Waals surface area contributed by atoms with Gasteiger partial charge >= 0.3 is 11.7 Å². The highest BCUT2D eigenvalue weighted by Crippen LogP contribution is 2.37. The maximum absolute atomic E-state index is 14.9. The Labute approximate surface area is 173 Å². The molecule has 1 aliphatic heterocycles. The molecule has 0 radical (unpaired) electrons. The summed E-state index contributed by atoms with van der Waals surface area (Å²) in [7, 11) is 0. The number of phenols is 2. The third-order valence-electron chi connectivity index (χ3n) is 4.42. The molecular weight excluding hydrogens is 453 g/mol. The van der Waals surface area contributed by atoms with Crippen LogP contribution in [0, 0.1) is 0 Å². The standard InChI is InChI=1S/C18H19BrFN3O6/c1-3-12-15(28-8(2)24)13(20)17(29-12)23-7-9(19)16(22-18(23)27)21-14-10(25)5-4-6-11(14)26/h4-7,12-13,15,17,25-26H,3H2,1-2H3,(H,21,22,27)/t12-,13+,15?,17-/m1/s1. The van der Waals surface area contributed by atoms with Crippen molar-refractivity contribution in [3.05, 3.63) is 39.4 Å². The van der Waals surface area contributed by atoms with Gasteiger partial charge in [-0.1, -0.05) is 13.0 Å². The fraction of sp³-hybridized carbons (Fsp3) is 0.389. The lowest BCUT2D eigenvalue weighted by Gasteiger charge is -2.18. The van der Waals surface area contributed by atoms with Gasteiger partial charge in [0.2, 0.25) is 0 Å². The molecule has 4 atom stereocenters. The Balaban J connectivity index is 1.92. The molecule has 0 aliphatic carbocycles. The van der Waals surface area contributed by atoms with E-state index in [0.717, 1.165) is 4.57 Å². The largest absolute Gasteiger partial charge is 0.506 e. The number of hydrogen-bond donors (Lipinski definition) is 3. The summed E-state index contributed by atoms with van der Waals surface area (Å²) in [5, 5.41) is 22.4. The van der Waals surface area contributed by atoms with Crippen LogP contribution in [0.25, 0.3) is 0 Å². The van der Waals surface area contributed by atoms with Crippen LogP contribution in [0.15, 0.2) is 33.7 Å². The molecule has 1 aromatic heterocycles. The Bertz CT molecular complexity index is 964. The number of halogens is 2. The monoisotopic (exact) mass is 471 g/mol. The topological polar surface area (TPSA) is 123 Å². The van der Waals surface area contributed by atoms with Crippen LogP contribution in [-0.2, 0) is 14.3 Å². The highest BCUT2D eigenvalue weighted by atomic mass is 79.9. The van der Waals surface area contributed by atoms with Gasteiger partial charge in [-0.25, -0.2) is 9.18 Å². The minimum absolute atomic E-state index is 0.0000302. The number of nitrogens with one attached hydrogen (secondary N) is 1. The fourth-order valence-electron chi connectivity index (χ4n) is 3.07. The van der Waals surface area contributed by atoms with Crippen LogP contribution < -0.4 is 11.0 Å². The number of aromatic hydroxyl groups is 2. The number of benzene rings is 1. The second-order valence-electron chi connectivity index (χ2n) is 6.42. The summed E-state index contributed by atoms with van der Waals surface area (Å²) in [6.07, 6.45) is -3.28. The molecule has 1 saturated heterocycles. The van der Waals surface area contributed by atoms with Crippen molar-refractivity contribution in [1.29, 1.82) is 0 Å². The quantitative estimate of drug-likeness (QED) is 0.449. The van der Waals surface area contributed by atoms with Crippen LogP contribution in [0.1, 0.15) is 26.5 Å².